The van der Waals surface area contributed by atoms with Gasteiger partial charge < -0.3 is 18.3 Å². The normalized spacial score (nSPS) is 12.3. The maximum Gasteiger partial charge on any atom is 0.337 e. The Morgan fingerprint density at radius 2 is 1.40 bits per heavy atom. The molecular weight excluding hydrogens is 272 g/mol. The summed E-state index contributed by atoms with van der Waals surface area (Å²) in [5, 5.41) is 0. The topological polar surface area (TPSA) is 36.9 Å². The maximum absolute atomic E-state index is 5.70. The monoisotopic (exact) mass is 306 g/mol. The van der Waals surface area contributed by atoms with Gasteiger partial charge in [-0.25, -0.2) is 0 Å². The summed E-state index contributed by atoms with van der Waals surface area (Å²) in [7, 11) is 1.68. The second-order valence-electron chi connectivity index (χ2n) is 5.01. The molecule has 0 heterocycles. The van der Waals surface area contributed by atoms with Crippen LogP contribution in [-0.2, 0) is 18.3 Å². The molecule has 20 heavy (non-hydrogen) atoms. The summed E-state index contributed by atoms with van der Waals surface area (Å²) in [4.78, 5) is 0. The van der Waals surface area contributed by atoms with Crippen molar-refractivity contribution in [3.8, 4) is 0 Å². The fourth-order valence-corrected chi connectivity index (χ4v) is 5.25. The van der Waals surface area contributed by atoms with E-state index in [1.807, 2.05) is 13.8 Å². The molecule has 0 aromatic carbocycles. The summed E-state index contributed by atoms with van der Waals surface area (Å²) < 4.78 is 22.5. The van der Waals surface area contributed by atoms with Gasteiger partial charge in [-0.2, -0.15) is 0 Å². The molecule has 0 rings (SSSR count). The van der Waals surface area contributed by atoms with Crippen molar-refractivity contribution in [2.45, 2.75) is 71.3 Å². The van der Waals surface area contributed by atoms with Gasteiger partial charge in [0.15, 0.2) is 6.29 Å². The number of rotatable bonds is 14. The number of hydrogen-bond acceptors (Lipinski definition) is 4. The van der Waals surface area contributed by atoms with Crippen molar-refractivity contribution in [2.75, 3.05) is 27.4 Å². The lowest BCUT2D eigenvalue weighted by Crippen LogP contribution is -2.39. The lowest BCUT2D eigenvalue weighted by atomic mass is 10.2. The third-order valence-corrected chi connectivity index (χ3v) is 7.44. The molecule has 0 aliphatic rings. The average molecular weight is 307 g/mol. The average Bonchev–Trinajstić information content (AvgIpc) is 2.46. The minimum Gasteiger partial charge on any atom is -0.398 e. The van der Waals surface area contributed by atoms with Gasteiger partial charge in [0.25, 0.3) is 0 Å². The van der Waals surface area contributed by atoms with Crippen LogP contribution in [0, 0.1) is 0 Å². The first-order chi connectivity index (χ1) is 9.67. The molecule has 0 amide bonds. The quantitative estimate of drug-likeness (QED) is 0.275. The standard InChI is InChI=1S/C15H34O4Si/c1-6-13-20(16-4,17-5)14-11-9-10-12-15(18-7-2)19-8-3/h15H,6-14H2,1-5H3. The first-order valence-corrected chi connectivity index (χ1v) is 10.2. The van der Waals surface area contributed by atoms with E-state index in [2.05, 4.69) is 6.92 Å². The summed E-state index contributed by atoms with van der Waals surface area (Å²) in [6.45, 7) is 7.63. The van der Waals surface area contributed by atoms with Crippen LogP contribution in [0.4, 0.5) is 0 Å². The molecule has 0 atom stereocenters. The molecule has 5 heteroatoms. The van der Waals surface area contributed by atoms with Gasteiger partial charge in [0, 0.05) is 27.4 Å². The Morgan fingerprint density at radius 3 is 1.85 bits per heavy atom. The molecule has 122 valence electrons. The third kappa shape index (κ3) is 8.37. The van der Waals surface area contributed by atoms with Crippen molar-refractivity contribution in [3.63, 3.8) is 0 Å². The molecule has 0 bridgehead atoms. The van der Waals surface area contributed by atoms with Gasteiger partial charge in [0.2, 0.25) is 0 Å². The highest BCUT2D eigenvalue weighted by Gasteiger charge is 2.33. The van der Waals surface area contributed by atoms with Crippen molar-refractivity contribution >= 4 is 8.56 Å². The van der Waals surface area contributed by atoms with Crippen LogP contribution in [0.1, 0.15) is 52.9 Å². The zero-order chi connectivity index (χ0) is 15.3. The SMILES string of the molecule is CCC[Si](CCCCCC(OCC)OCC)(OC)OC. The molecule has 0 unspecified atom stereocenters. The minimum absolute atomic E-state index is 0.0347. The van der Waals surface area contributed by atoms with Crippen LogP contribution in [0.3, 0.4) is 0 Å². The lowest BCUT2D eigenvalue weighted by Gasteiger charge is -2.27. The Labute approximate surface area is 126 Å². The van der Waals surface area contributed by atoms with E-state index in [0.717, 1.165) is 31.4 Å². The van der Waals surface area contributed by atoms with Crippen LogP contribution in [0.15, 0.2) is 0 Å². The van der Waals surface area contributed by atoms with Crippen molar-refractivity contribution < 1.29 is 18.3 Å². The predicted molar refractivity (Wildman–Crippen MR) is 85.2 cm³/mol. The summed E-state index contributed by atoms with van der Waals surface area (Å²) in [6.07, 6.45) is 5.55. The van der Waals surface area contributed by atoms with Gasteiger partial charge in [0.05, 0.1) is 0 Å². The Morgan fingerprint density at radius 1 is 0.800 bits per heavy atom. The fraction of sp³-hybridized carbons (Fsp3) is 1.00. The van der Waals surface area contributed by atoms with Gasteiger partial charge in [-0.3, -0.25) is 0 Å². The molecule has 0 saturated heterocycles. The van der Waals surface area contributed by atoms with Crippen molar-refractivity contribution in [2.24, 2.45) is 0 Å². The van der Waals surface area contributed by atoms with E-state index in [9.17, 15) is 0 Å². The summed E-state index contributed by atoms with van der Waals surface area (Å²) in [5.41, 5.74) is 0. The third-order valence-electron chi connectivity index (χ3n) is 3.58. The van der Waals surface area contributed by atoms with Crippen LogP contribution in [0.5, 0.6) is 0 Å². The van der Waals surface area contributed by atoms with Crippen LogP contribution in [0.2, 0.25) is 12.1 Å². The number of ether oxygens (including phenoxy) is 2. The lowest BCUT2D eigenvalue weighted by molar-refractivity contribution is -0.140. The van der Waals surface area contributed by atoms with Crippen LogP contribution >= 0.6 is 0 Å². The maximum atomic E-state index is 5.70. The van der Waals surface area contributed by atoms with Gasteiger partial charge in [-0.1, -0.05) is 26.2 Å². The zero-order valence-electron chi connectivity index (χ0n) is 14.1. The van der Waals surface area contributed by atoms with Gasteiger partial charge in [0.1, 0.15) is 0 Å². The Balaban J connectivity index is 3.87. The summed E-state index contributed by atoms with van der Waals surface area (Å²) in [6, 6.07) is 2.17. The fourth-order valence-electron chi connectivity index (χ4n) is 2.47. The molecule has 0 radical (unpaired) electrons. The minimum atomic E-state index is -1.91. The molecule has 0 aliphatic carbocycles. The van der Waals surface area contributed by atoms with Gasteiger partial charge in [-0.15, -0.1) is 0 Å². The molecule has 4 nitrogen and oxygen atoms in total. The Hall–Kier alpha value is 0.0569. The molecular formula is C15H34O4Si. The molecule has 0 aromatic rings. The Kier molecular flexibility index (Phi) is 12.8. The van der Waals surface area contributed by atoms with E-state index >= 15 is 0 Å². The van der Waals surface area contributed by atoms with E-state index in [1.54, 1.807) is 14.2 Å². The van der Waals surface area contributed by atoms with Crippen LogP contribution in [-0.4, -0.2) is 42.3 Å². The van der Waals surface area contributed by atoms with E-state index in [4.69, 9.17) is 18.3 Å². The van der Waals surface area contributed by atoms with E-state index in [-0.39, 0.29) is 6.29 Å². The van der Waals surface area contributed by atoms with E-state index in [1.165, 1.54) is 12.8 Å². The molecule has 0 fully saturated rings. The van der Waals surface area contributed by atoms with Crippen molar-refractivity contribution in [1.82, 2.24) is 0 Å². The highest BCUT2D eigenvalue weighted by atomic mass is 28.4. The van der Waals surface area contributed by atoms with Gasteiger partial charge in [-0.05, 0) is 38.8 Å². The molecule has 0 N–H and O–H groups in total. The second kappa shape index (κ2) is 12.8. The van der Waals surface area contributed by atoms with Gasteiger partial charge >= 0.3 is 8.56 Å². The number of hydrogen-bond donors (Lipinski definition) is 0. The second-order valence-corrected chi connectivity index (χ2v) is 8.65. The molecule has 0 aliphatic heterocycles. The summed E-state index contributed by atoms with van der Waals surface area (Å²) in [5.74, 6) is 0. The zero-order valence-corrected chi connectivity index (χ0v) is 15.1. The highest BCUT2D eigenvalue weighted by Crippen LogP contribution is 2.23. The number of unbranched alkanes of at least 4 members (excludes halogenated alkanes) is 2. The first kappa shape index (κ1) is 20.1. The van der Waals surface area contributed by atoms with E-state index < -0.39 is 8.56 Å². The summed E-state index contributed by atoms with van der Waals surface area (Å²) >= 11 is 0. The molecule has 0 spiro atoms. The van der Waals surface area contributed by atoms with Crippen LogP contribution in [0.25, 0.3) is 0 Å². The van der Waals surface area contributed by atoms with E-state index in [0.29, 0.717) is 13.2 Å². The first-order valence-electron chi connectivity index (χ1n) is 8.01. The van der Waals surface area contributed by atoms with Crippen molar-refractivity contribution in [3.05, 3.63) is 0 Å². The van der Waals surface area contributed by atoms with Crippen LogP contribution < -0.4 is 0 Å². The molecule has 0 aromatic heterocycles. The largest absolute Gasteiger partial charge is 0.398 e. The Bertz CT molecular complexity index is 204. The smallest absolute Gasteiger partial charge is 0.337 e. The predicted octanol–water partition coefficient (Wildman–Crippen LogP) is 4.09. The highest BCUT2D eigenvalue weighted by molar-refractivity contribution is 6.67. The van der Waals surface area contributed by atoms with Crippen molar-refractivity contribution in [1.29, 1.82) is 0 Å². The molecule has 0 saturated carbocycles.